The lowest BCUT2D eigenvalue weighted by Crippen LogP contribution is -2.18. The van der Waals surface area contributed by atoms with E-state index in [4.69, 9.17) is 28.4 Å². The van der Waals surface area contributed by atoms with Crippen molar-refractivity contribution in [1.82, 2.24) is 15.0 Å². The number of pyridine rings is 1. The highest BCUT2D eigenvalue weighted by molar-refractivity contribution is 6.26. The van der Waals surface area contributed by atoms with Crippen LogP contribution in [0.5, 0.6) is 0 Å². The Morgan fingerprint density at radius 3 is 1.14 bits per heavy atom. The maximum absolute atomic E-state index is 12.7. The van der Waals surface area contributed by atoms with E-state index in [1.807, 2.05) is 0 Å². The summed E-state index contributed by atoms with van der Waals surface area (Å²) in [7, 11) is 6.49. The molecule has 0 spiro atoms. The maximum Gasteiger partial charge on any atom is 0.359 e. The van der Waals surface area contributed by atoms with Crippen molar-refractivity contribution in [3.8, 4) is 0 Å². The summed E-state index contributed by atoms with van der Waals surface area (Å²) < 4.78 is 28.8. The summed E-state index contributed by atoms with van der Waals surface area (Å²) in [5.74, 6) is -5.85. The van der Waals surface area contributed by atoms with Crippen LogP contribution in [-0.2, 0) is 28.4 Å². The minimum absolute atomic E-state index is 0.0961. The van der Waals surface area contributed by atoms with Crippen LogP contribution < -0.4 is 0 Å². The molecule has 0 N–H and O–H groups in total. The van der Waals surface area contributed by atoms with Gasteiger partial charge in [-0.1, -0.05) is 0 Å². The van der Waals surface area contributed by atoms with Gasteiger partial charge in [-0.2, -0.15) is 0 Å². The fourth-order valence-corrected chi connectivity index (χ4v) is 4.26. The molecule has 0 fully saturated rings. The second-order valence-corrected chi connectivity index (χ2v) is 8.29. The van der Waals surface area contributed by atoms with Crippen molar-refractivity contribution >= 4 is 68.5 Å². The average molecular weight is 579 g/mol. The third-order valence-corrected chi connectivity index (χ3v) is 6.20. The predicted octanol–water partition coefficient (Wildman–Crippen LogP) is 2.05. The Labute approximate surface area is 235 Å². The van der Waals surface area contributed by atoms with Gasteiger partial charge in [0.2, 0.25) is 0 Å². The Morgan fingerprint density at radius 1 is 0.405 bits per heavy atom. The first kappa shape index (κ1) is 29.3. The molecule has 0 aliphatic rings. The van der Waals surface area contributed by atoms with Crippen molar-refractivity contribution in [2.45, 2.75) is 0 Å². The van der Waals surface area contributed by atoms with Crippen LogP contribution in [0.3, 0.4) is 0 Å². The summed E-state index contributed by atoms with van der Waals surface area (Å²) in [5.41, 5.74) is -2.64. The van der Waals surface area contributed by atoms with Crippen molar-refractivity contribution in [3.63, 3.8) is 0 Å². The van der Waals surface area contributed by atoms with E-state index in [1.54, 1.807) is 0 Å². The number of hydrogen-bond donors (Lipinski definition) is 0. The van der Waals surface area contributed by atoms with Gasteiger partial charge in [0.15, 0.2) is 17.1 Å². The summed E-state index contributed by atoms with van der Waals surface area (Å²) >= 11 is 0. The standard InChI is InChI=1S/C27H21N3O12/c1-37-22(31)13-7-10-11(8-14(13)23(32)38-2)17-19(30-21(27(36)42-6)20(29-17)26(35)41-5)16-12(10)9-15(24(33)39-3)18(28-16)25(34)40-4/h7-9H,1-6H3. The highest BCUT2D eigenvalue weighted by Gasteiger charge is 2.30. The second-order valence-electron chi connectivity index (χ2n) is 8.29. The number of ether oxygens (including phenoxy) is 6. The average Bonchev–Trinajstić information content (AvgIpc) is 3.04. The van der Waals surface area contributed by atoms with Crippen LogP contribution in [0.2, 0.25) is 0 Å². The zero-order valence-corrected chi connectivity index (χ0v) is 23.0. The normalized spacial score (nSPS) is 10.7. The van der Waals surface area contributed by atoms with Crippen LogP contribution >= 0.6 is 0 Å². The van der Waals surface area contributed by atoms with Crippen molar-refractivity contribution in [2.75, 3.05) is 42.7 Å². The smallest absolute Gasteiger partial charge is 0.359 e. The van der Waals surface area contributed by atoms with Crippen LogP contribution in [0, 0.1) is 0 Å². The molecule has 0 saturated carbocycles. The zero-order valence-electron chi connectivity index (χ0n) is 23.0. The number of benzene rings is 2. The third-order valence-electron chi connectivity index (χ3n) is 6.20. The molecule has 15 nitrogen and oxygen atoms in total. The molecule has 15 heteroatoms. The number of carbonyl (C=O) groups excluding carboxylic acids is 6. The molecule has 2 aromatic carbocycles. The topological polar surface area (TPSA) is 196 Å². The van der Waals surface area contributed by atoms with Gasteiger partial charge in [-0.25, -0.2) is 43.7 Å². The van der Waals surface area contributed by atoms with E-state index in [0.29, 0.717) is 0 Å². The van der Waals surface area contributed by atoms with Crippen molar-refractivity contribution in [3.05, 3.63) is 52.0 Å². The van der Waals surface area contributed by atoms with E-state index in [1.165, 1.54) is 18.2 Å². The number of rotatable bonds is 6. The Kier molecular flexibility index (Phi) is 7.94. The van der Waals surface area contributed by atoms with E-state index in [2.05, 4.69) is 15.0 Å². The van der Waals surface area contributed by atoms with Crippen LogP contribution in [0.1, 0.15) is 62.5 Å². The molecule has 2 heterocycles. The zero-order chi connectivity index (χ0) is 30.9. The van der Waals surface area contributed by atoms with E-state index < -0.39 is 52.9 Å². The first-order valence-electron chi connectivity index (χ1n) is 11.7. The lowest BCUT2D eigenvalue weighted by Gasteiger charge is -2.16. The molecule has 0 aliphatic carbocycles. The summed E-state index contributed by atoms with van der Waals surface area (Å²) in [6.45, 7) is 0. The molecular weight excluding hydrogens is 558 g/mol. The van der Waals surface area contributed by atoms with Gasteiger partial charge >= 0.3 is 35.8 Å². The highest BCUT2D eigenvalue weighted by Crippen LogP contribution is 2.36. The number of esters is 6. The number of fused-ring (bicyclic) bond motifs is 6. The minimum atomic E-state index is -1.05. The van der Waals surface area contributed by atoms with Gasteiger partial charge in [0, 0.05) is 10.8 Å². The molecule has 0 amide bonds. The SMILES string of the molecule is COC(=O)c1cc2c3cc(C(=O)OC)c(C(=O)OC)nc3c3nc(C(=O)OC)c(C(=O)OC)nc3c2cc1C(=O)OC. The van der Waals surface area contributed by atoms with Gasteiger partial charge in [0.1, 0.15) is 5.52 Å². The van der Waals surface area contributed by atoms with Gasteiger partial charge in [-0.3, -0.25) is 0 Å². The molecule has 4 aromatic rings. The Hall–Kier alpha value is -5.73. The van der Waals surface area contributed by atoms with Gasteiger partial charge < -0.3 is 28.4 Å². The van der Waals surface area contributed by atoms with Gasteiger partial charge in [0.25, 0.3) is 0 Å². The molecule has 216 valence electrons. The summed E-state index contributed by atoms with van der Waals surface area (Å²) in [5, 5.41) is 0.390. The van der Waals surface area contributed by atoms with E-state index >= 15 is 0 Å². The monoisotopic (exact) mass is 579 g/mol. The number of methoxy groups -OCH3 is 6. The fraction of sp³-hybridized carbons (Fsp3) is 0.222. The molecule has 0 bridgehead atoms. The number of aromatic nitrogens is 3. The van der Waals surface area contributed by atoms with Gasteiger partial charge in [-0.05, 0) is 23.6 Å². The third kappa shape index (κ3) is 4.66. The van der Waals surface area contributed by atoms with Gasteiger partial charge in [0.05, 0.1) is 70.4 Å². The second kappa shape index (κ2) is 11.4. The molecule has 4 rings (SSSR count). The van der Waals surface area contributed by atoms with Crippen molar-refractivity contribution < 1.29 is 57.2 Å². The van der Waals surface area contributed by atoms with E-state index in [-0.39, 0.29) is 49.4 Å². The lowest BCUT2D eigenvalue weighted by atomic mass is 9.95. The molecule has 0 radical (unpaired) electrons. The largest absolute Gasteiger partial charge is 0.465 e. The molecule has 2 aromatic heterocycles. The first-order valence-corrected chi connectivity index (χ1v) is 11.7. The molecule has 0 saturated heterocycles. The summed E-state index contributed by atoms with van der Waals surface area (Å²) in [6.07, 6.45) is 0. The summed E-state index contributed by atoms with van der Waals surface area (Å²) in [6, 6.07) is 3.76. The highest BCUT2D eigenvalue weighted by atomic mass is 16.5. The van der Waals surface area contributed by atoms with Crippen molar-refractivity contribution in [2.24, 2.45) is 0 Å². The molecule has 0 unspecified atom stereocenters. The fourth-order valence-electron chi connectivity index (χ4n) is 4.26. The van der Waals surface area contributed by atoms with Crippen LogP contribution in [0.4, 0.5) is 0 Å². The molecule has 0 aliphatic heterocycles. The minimum Gasteiger partial charge on any atom is -0.465 e. The predicted molar refractivity (Wildman–Crippen MR) is 140 cm³/mol. The van der Waals surface area contributed by atoms with Gasteiger partial charge in [-0.15, -0.1) is 0 Å². The van der Waals surface area contributed by atoms with E-state index in [0.717, 1.165) is 42.7 Å². The van der Waals surface area contributed by atoms with Crippen LogP contribution in [0.15, 0.2) is 18.2 Å². The first-order chi connectivity index (χ1) is 20.1. The summed E-state index contributed by atoms with van der Waals surface area (Å²) in [4.78, 5) is 89.0. The molecular formula is C27H21N3O12. The lowest BCUT2D eigenvalue weighted by molar-refractivity contribution is 0.0545. The molecule has 0 atom stereocenters. The Bertz CT molecular complexity index is 1490. The van der Waals surface area contributed by atoms with Crippen LogP contribution in [0.25, 0.3) is 32.7 Å². The maximum atomic E-state index is 12.7. The number of hydrogen-bond acceptors (Lipinski definition) is 15. The van der Waals surface area contributed by atoms with Crippen LogP contribution in [-0.4, -0.2) is 93.4 Å². The Balaban J connectivity index is 2.39. The molecule has 42 heavy (non-hydrogen) atoms. The number of carbonyl (C=O) groups is 6. The van der Waals surface area contributed by atoms with Crippen molar-refractivity contribution in [1.29, 1.82) is 0 Å². The van der Waals surface area contributed by atoms with E-state index in [9.17, 15) is 28.8 Å². The quantitative estimate of drug-likeness (QED) is 0.183. The number of nitrogens with zero attached hydrogens (tertiary/aromatic N) is 3. The Morgan fingerprint density at radius 2 is 0.714 bits per heavy atom.